The topological polar surface area (TPSA) is 92.8 Å². The first-order valence-corrected chi connectivity index (χ1v) is 11.1. The lowest BCUT2D eigenvalue weighted by Crippen LogP contribution is -2.29. The maximum atomic E-state index is 12.7. The number of carbonyl (C=O) groups excluding carboxylic acids is 4. The van der Waals surface area contributed by atoms with Gasteiger partial charge in [-0.2, -0.15) is 0 Å². The number of hydrogen-bond acceptors (Lipinski definition) is 5. The quantitative estimate of drug-likeness (QED) is 0.420. The van der Waals surface area contributed by atoms with Crippen LogP contribution in [0.5, 0.6) is 0 Å². The molecule has 0 radical (unpaired) electrons. The van der Waals surface area contributed by atoms with Crippen LogP contribution in [-0.4, -0.2) is 30.3 Å². The first-order chi connectivity index (χ1) is 16.4. The molecule has 0 unspecified atom stereocenters. The molecule has 7 heteroatoms. The van der Waals surface area contributed by atoms with Crippen molar-refractivity contribution in [1.82, 2.24) is 0 Å². The number of para-hydroxylation sites is 1. The van der Waals surface area contributed by atoms with Gasteiger partial charge in [0.05, 0.1) is 22.4 Å². The lowest BCUT2D eigenvalue weighted by Gasteiger charge is -2.15. The summed E-state index contributed by atoms with van der Waals surface area (Å²) in [4.78, 5) is 51.6. The molecule has 1 aliphatic heterocycles. The highest BCUT2D eigenvalue weighted by Gasteiger charge is 2.36. The Morgan fingerprint density at radius 1 is 0.824 bits per heavy atom. The predicted molar refractivity (Wildman–Crippen MR) is 128 cm³/mol. The van der Waals surface area contributed by atoms with E-state index < -0.39 is 30.3 Å². The van der Waals surface area contributed by atoms with Crippen LogP contribution < -0.4 is 10.2 Å². The summed E-state index contributed by atoms with van der Waals surface area (Å²) in [5.41, 5.74) is 3.79. The van der Waals surface area contributed by atoms with Crippen LogP contribution >= 0.6 is 0 Å². The highest BCUT2D eigenvalue weighted by molar-refractivity contribution is 6.34. The molecule has 0 fully saturated rings. The fraction of sp³-hybridized carbons (Fsp3) is 0.185. The number of hydrogen-bond donors (Lipinski definition) is 1. The minimum absolute atomic E-state index is 0.130. The molecule has 172 valence electrons. The van der Waals surface area contributed by atoms with Crippen LogP contribution in [0.3, 0.4) is 0 Å². The van der Waals surface area contributed by atoms with Crippen molar-refractivity contribution in [2.45, 2.75) is 26.7 Å². The predicted octanol–water partition coefficient (Wildman–Crippen LogP) is 4.41. The molecule has 3 amide bonds. The number of nitrogens with zero attached hydrogens (tertiary/aromatic N) is 1. The van der Waals surface area contributed by atoms with E-state index in [4.69, 9.17) is 4.74 Å². The average molecular weight is 456 g/mol. The van der Waals surface area contributed by atoms with Gasteiger partial charge in [-0.1, -0.05) is 50.2 Å². The van der Waals surface area contributed by atoms with Gasteiger partial charge in [0.2, 0.25) is 0 Å². The third-order valence-corrected chi connectivity index (χ3v) is 5.73. The van der Waals surface area contributed by atoms with Gasteiger partial charge in [-0.25, -0.2) is 9.69 Å². The molecule has 1 N–H and O–H groups in total. The summed E-state index contributed by atoms with van der Waals surface area (Å²) in [7, 11) is 0. The van der Waals surface area contributed by atoms with E-state index in [9.17, 15) is 19.2 Å². The molecule has 1 heterocycles. The maximum Gasteiger partial charge on any atom is 0.338 e. The summed E-state index contributed by atoms with van der Waals surface area (Å²) in [5.74, 6) is -2.08. The number of rotatable bonds is 7. The van der Waals surface area contributed by atoms with E-state index >= 15 is 0 Å². The van der Waals surface area contributed by atoms with Gasteiger partial charge in [-0.15, -0.1) is 0 Å². The number of fused-ring (bicyclic) bond motifs is 1. The number of imide groups is 1. The van der Waals surface area contributed by atoms with Crippen LogP contribution in [0.2, 0.25) is 0 Å². The molecule has 4 rings (SSSR count). The second-order valence-electron chi connectivity index (χ2n) is 7.82. The number of carbonyl (C=O) groups is 4. The molecule has 1 aliphatic rings. The van der Waals surface area contributed by atoms with Gasteiger partial charge in [0.15, 0.2) is 6.61 Å². The number of benzene rings is 3. The van der Waals surface area contributed by atoms with E-state index in [1.54, 1.807) is 36.4 Å². The Labute approximate surface area is 197 Å². The molecule has 0 saturated heterocycles. The molecule has 0 aliphatic carbocycles. The largest absolute Gasteiger partial charge is 0.452 e. The third kappa shape index (κ3) is 4.32. The second kappa shape index (κ2) is 9.70. The molecule has 0 spiro atoms. The zero-order valence-electron chi connectivity index (χ0n) is 19.0. The highest BCUT2D eigenvalue weighted by atomic mass is 16.5. The molecular formula is C27H24N2O5. The highest BCUT2D eigenvalue weighted by Crippen LogP contribution is 2.29. The molecule has 3 aromatic rings. The minimum atomic E-state index is -0.729. The van der Waals surface area contributed by atoms with Gasteiger partial charge in [0, 0.05) is 5.69 Å². The van der Waals surface area contributed by atoms with E-state index in [0.29, 0.717) is 11.1 Å². The van der Waals surface area contributed by atoms with Gasteiger partial charge < -0.3 is 10.1 Å². The van der Waals surface area contributed by atoms with Crippen LogP contribution in [0, 0.1) is 0 Å². The van der Waals surface area contributed by atoms with E-state index in [2.05, 4.69) is 5.32 Å². The van der Waals surface area contributed by atoms with E-state index in [-0.39, 0.29) is 11.3 Å². The van der Waals surface area contributed by atoms with Crippen LogP contribution in [0.1, 0.15) is 56.0 Å². The zero-order chi connectivity index (χ0) is 24.2. The monoisotopic (exact) mass is 456 g/mol. The van der Waals surface area contributed by atoms with Gasteiger partial charge in [0.25, 0.3) is 17.7 Å². The number of esters is 1. The van der Waals surface area contributed by atoms with Crippen molar-refractivity contribution in [3.05, 3.63) is 94.5 Å². The molecule has 3 aromatic carbocycles. The van der Waals surface area contributed by atoms with E-state index in [1.807, 2.05) is 32.0 Å². The van der Waals surface area contributed by atoms with Crippen molar-refractivity contribution in [1.29, 1.82) is 0 Å². The number of nitrogens with one attached hydrogen (secondary N) is 1. The normalized spacial score (nSPS) is 12.5. The summed E-state index contributed by atoms with van der Waals surface area (Å²) < 4.78 is 5.20. The summed E-state index contributed by atoms with van der Waals surface area (Å²) in [5, 5.41) is 2.85. The lowest BCUT2D eigenvalue weighted by molar-refractivity contribution is -0.119. The number of anilines is 2. The van der Waals surface area contributed by atoms with Crippen LogP contribution in [-0.2, 0) is 22.4 Å². The van der Waals surface area contributed by atoms with Crippen LogP contribution in [0.15, 0.2) is 66.7 Å². The molecule has 0 atom stereocenters. The molecular weight excluding hydrogens is 432 g/mol. The van der Waals surface area contributed by atoms with Crippen molar-refractivity contribution < 1.29 is 23.9 Å². The number of amides is 3. The first-order valence-electron chi connectivity index (χ1n) is 11.1. The minimum Gasteiger partial charge on any atom is -0.452 e. The zero-order valence-corrected chi connectivity index (χ0v) is 19.0. The average Bonchev–Trinajstić information content (AvgIpc) is 3.12. The third-order valence-electron chi connectivity index (χ3n) is 5.73. The Kier molecular flexibility index (Phi) is 6.54. The number of aryl methyl sites for hydroxylation is 2. The van der Waals surface area contributed by atoms with Gasteiger partial charge in [-0.3, -0.25) is 14.4 Å². The summed E-state index contributed by atoms with van der Waals surface area (Å²) >= 11 is 0. The molecule has 0 bridgehead atoms. The van der Waals surface area contributed by atoms with Gasteiger partial charge in [-0.05, 0) is 54.3 Å². The summed E-state index contributed by atoms with van der Waals surface area (Å²) in [6, 6.07) is 18.4. The standard InChI is InChI=1S/C27H24N2O5/c1-3-17-9-7-10-18(4-2)24(17)28-23(30)16-34-27(33)19-11-8-12-20(15-19)29-25(31)21-13-5-6-14-22(21)26(29)32/h5-15H,3-4,16H2,1-2H3,(H,28,30). The van der Waals surface area contributed by atoms with Gasteiger partial charge in [0.1, 0.15) is 0 Å². The van der Waals surface area contributed by atoms with E-state index in [1.165, 1.54) is 12.1 Å². The van der Waals surface area contributed by atoms with Crippen molar-refractivity contribution in [2.75, 3.05) is 16.8 Å². The summed E-state index contributed by atoms with van der Waals surface area (Å²) in [6.45, 7) is 3.55. The van der Waals surface area contributed by atoms with Gasteiger partial charge >= 0.3 is 5.97 Å². The smallest absolute Gasteiger partial charge is 0.338 e. The number of ether oxygens (including phenoxy) is 1. The van der Waals surface area contributed by atoms with Crippen molar-refractivity contribution >= 4 is 35.1 Å². The van der Waals surface area contributed by atoms with Crippen molar-refractivity contribution in [3.63, 3.8) is 0 Å². The molecule has 7 nitrogen and oxygen atoms in total. The van der Waals surface area contributed by atoms with Crippen LogP contribution in [0.25, 0.3) is 0 Å². The Hall–Kier alpha value is -4.26. The van der Waals surface area contributed by atoms with Crippen molar-refractivity contribution in [2.24, 2.45) is 0 Å². The maximum absolute atomic E-state index is 12.7. The Morgan fingerprint density at radius 2 is 1.41 bits per heavy atom. The Balaban J connectivity index is 1.45. The van der Waals surface area contributed by atoms with E-state index in [0.717, 1.165) is 34.6 Å². The first kappa shape index (κ1) is 22.9. The summed E-state index contributed by atoms with van der Waals surface area (Å²) in [6.07, 6.45) is 1.52. The molecule has 34 heavy (non-hydrogen) atoms. The lowest BCUT2D eigenvalue weighted by atomic mass is 10.0. The SMILES string of the molecule is CCc1cccc(CC)c1NC(=O)COC(=O)c1cccc(N2C(=O)c3ccccc3C2=O)c1. The molecule has 0 saturated carbocycles. The Morgan fingerprint density at radius 3 is 2.00 bits per heavy atom. The fourth-order valence-electron chi connectivity index (χ4n) is 3.99. The Bertz CT molecular complexity index is 1240. The van der Waals surface area contributed by atoms with Crippen molar-refractivity contribution in [3.8, 4) is 0 Å². The second-order valence-corrected chi connectivity index (χ2v) is 7.82. The van der Waals surface area contributed by atoms with Crippen LogP contribution in [0.4, 0.5) is 11.4 Å². The fourth-order valence-corrected chi connectivity index (χ4v) is 3.99. The molecule has 0 aromatic heterocycles.